The number of aromatic hydroxyl groups is 2. The van der Waals surface area contributed by atoms with Crippen LogP contribution in [0.4, 0.5) is 5.69 Å². The van der Waals surface area contributed by atoms with Crippen LogP contribution in [-0.2, 0) is 58.8 Å². The second kappa shape index (κ2) is 26.7. The molecule has 71 heavy (non-hydrogen) atoms. The molecule has 1 unspecified atom stereocenters. The smallest absolute Gasteiger partial charge is 0.312 e. The number of nitrogens with one attached hydrogen (secondary N) is 1. The molecule has 7 N–H and O–H groups in total. The lowest BCUT2D eigenvalue weighted by atomic mass is 9.78. The molecule has 20 heteroatoms. The molecule has 4 aliphatic rings. The second-order valence-corrected chi connectivity index (χ2v) is 18.4. The Balaban J connectivity index is 1.57. The third-order valence-electron chi connectivity index (χ3n) is 13.2. The molecule has 10 atom stereocenters. The summed E-state index contributed by atoms with van der Waals surface area (Å²) in [5.74, 6) is -9.00. The fraction of sp³-hybridized carbons (Fsp3) is 0.627. The molecule has 4 heterocycles. The normalized spacial score (nSPS) is 30.9. The number of allylic oxidation sites excluding steroid dienone is 2. The maximum atomic E-state index is 14.6. The highest BCUT2D eigenvalue weighted by Gasteiger charge is 2.49. The number of hydrogen-bond acceptors (Lipinski definition) is 18. The molecule has 0 aromatic heterocycles. The van der Waals surface area contributed by atoms with Gasteiger partial charge in [0.05, 0.1) is 114 Å². The van der Waals surface area contributed by atoms with Gasteiger partial charge in [-0.1, -0.05) is 51.7 Å². The standard InChI is InChI=1S/C51H74N2O18/c1-28-11-10-12-29(2)50(61)53-41-36(26-52-25-35-27-67-22-21-65-18-17-63-15-16-64-19-20-66-23-24-68-35)45(58)38-39(46(41)59)44(57)33(6)48-40(38)49(60)51(8,71-48)69-14-13-37(62-9)30(3)47(70-34(7)54)32(5)43(56)31(4)42(28)55/h10-14,28,30-32,35,37,42-43,47,52,55-59H,15-27H2,1-9H3,(H,53,61)/b11-10-,14-13?,29-12-/t28-,30+,31-,32+,35?,37-,42-,43+,47+,51-/m0/s1. The first-order valence-corrected chi connectivity index (χ1v) is 24.2. The topological polar surface area (TPSA) is 276 Å². The summed E-state index contributed by atoms with van der Waals surface area (Å²) in [6, 6.07) is 0. The van der Waals surface area contributed by atoms with Gasteiger partial charge in [0.15, 0.2) is 0 Å². The zero-order valence-corrected chi connectivity index (χ0v) is 42.4. The van der Waals surface area contributed by atoms with Crippen molar-refractivity contribution >= 4 is 34.1 Å². The van der Waals surface area contributed by atoms with Gasteiger partial charge in [0, 0.05) is 61.0 Å². The molecule has 20 nitrogen and oxygen atoms in total. The van der Waals surface area contributed by atoms with Crippen LogP contribution >= 0.6 is 0 Å². The molecule has 396 valence electrons. The van der Waals surface area contributed by atoms with E-state index in [9.17, 15) is 39.9 Å². The number of nitrogens with two attached hydrogens (primary N) is 1. The zero-order chi connectivity index (χ0) is 52.0. The quantitative estimate of drug-likeness (QED) is 0.138. The summed E-state index contributed by atoms with van der Waals surface area (Å²) in [4.78, 5) is 41.0. The van der Waals surface area contributed by atoms with Crippen LogP contribution in [0.15, 0.2) is 36.1 Å². The molecule has 0 radical (unpaired) electrons. The zero-order valence-electron chi connectivity index (χ0n) is 42.4. The van der Waals surface area contributed by atoms with Gasteiger partial charge in [-0.15, -0.1) is 0 Å². The number of aliphatic hydroxyl groups is 2. The van der Waals surface area contributed by atoms with E-state index in [1.54, 1.807) is 45.2 Å². The number of benzene rings is 2. The van der Waals surface area contributed by atoms with Crippen molar-refractivity contribution in [1.82, 2.24) is 0 Å². The molecule has 1 amide bonds. The first-order chi connectivity index (χ1) is 33.8. The van der Waals surface area contributed by atoms with Gasteiger partial charge in [-0.2, -0.15) is 0 Å². The third-order valence-corrected chi connectivity index (χ3v) is 13.2. The Kier molecular flexibility index (Phi) is 21.5. The van der Waals surface area contributed by atoms with E-state index >= 15 is 0 Å². The summed E-state index contributed by atoms with van der Waals surface area (Å²) in [5.41, 5.74) is -0.441. The van der Waals surface area contributed by atoms with Crippen molar-refractivity contribution in [2.45, 2.75) is 98.2 Å². The number of carbonyl (C=O) groups excluding carboxylic acids is 3. The lowest BCUT2D eigenvalue weighted by Gasteiger charge is -2.38. The van der Waals surface area contributed by atoms with Crippen LogP contribution in [-0.4, -0.2) is 161 Å². The molecule has 0 aliphatic carbocycles. The molecular weight excluding hydrogens is 929 g/mol. The third kappa shape index (κ3) is 14.2. The average molecular weight is 1000 g/mol. The summed E-state index contributed by atoms with van der Waals surface area (Å²) in [7, 11) is 1.43. The number of anilines is 1. The first-order valence-electron chi connectivity index (χ1n) is 24.2. The van der Waals surface area contributed by atoms with Gasteiger partial charge in [0.2, 0.25) is 0 Å². The van der Waals surface area contributed by atoms with Gasteiger partial charge >= 0.3 is 11.8 Å². The van der Waals surface area contributed by atoms with Gasteiger partial charge in [-0.25, -0.2) is 0 Å². The molecular formula is C51H74N2O18. The lowest BCUT2D eigenvalue weighted by Crippen LogP contribution is -2.85. The van der Waals surface area contributed by atoms with E-state index in [1.165, 1.54) is 53.2 Å². The fourth-order valence-corrected chi connectivity index (χ4v) is 8.94. The summed E-state index contributed by atoms with van der Waals surface area (Å²) < 4.78 is 58.0. The van der Waals surface area contributed by atoms with E-state index in [4.69, 9.17) is 47.4 Å². The highest BCUT2D eigenvalue weighted by molar-refractivity contribution is 6.22. The van der Waals surface area contributed by atoms with Gasteiger partial charge in [-0.3, -0.25) is 14.4 Å². The Morgan fingerprint density at radius 1 is 0.845 bits per heavy atom. The Bertz CT molecular complexity index is 2210. The highest BCUT2D eigenvalue weighted by Crippen LogP contribution is 2.54. The van der Waals surface area contributed by atoms with Crippen molar-refractivity contribution < 1.29 is 92.6 Å². The van der Waals surface area contributed by atoms with Gasteiger partial charge in [0.25, 0.3) is 11.7 Å². The van der Waals surface area contributed by atoms with Crippen LogP contribution in [0.2, 0.25) is 0 Å². The largest absolute Gasteiger partial charge is 0.872 e. The number of aliphatic hydroxyl groups excluding tert-OH is 2. The molecule has 2 aromatic rings. The summed E-state index contributed by atoms with van der Waals surface area (Å²) in [6.07, 6.45) is 2.88. The number of ether oxygens (including phenoxy) is 10. The predicted octanol–water partition coefficient (Wildman–Crippen LogP) is 2.67. The van der Waals surface area contributed by atoms with Crippen molar-refractivity contribution in [3.63, 3.8) is 0 Å². The Labute approximate surface area is 415 Å². The van der Waals surface area contributed by atoms with Crippen molar-refractivity contribution in [2.24, 2.45) is 23.7 Å². The second-order valence-electron chi connectivity index (χ2n) is 18.4. The number of fused-ring (bicyclic) bond motifs is 14. The van der Waals surface area contributed by atoms with Crippen LogP contribution in [0.3, 0.4) is 0 Å². The summed E-state index contributed by atoms with van der Waals surface area (Å²) >= 11 is 0. The number of phenols is 2. The number of carbonyl (C=O) groups is 3. The SMILES string of the molecule is CO[C@H]1C=CO[C@@]2(C)Oc3c(C)c([O-])c4c(O)c(c(C[NH2+]CC5COCCOCCOCCOCCOCCO5)c(O)c4c3C2=O)NC(=O)/C(C)=C\C=C/[C@H](C)[C@H](O)[C@H](C)[C@@H](O)[C@@H](C)[C@H](OC(C)=O)[C@@H]1C. The molecule has 1 fully saturated rings. The van der Waals surface area contributed by atoms with E-state index in [0.717, 1.165) is 0 Å². The lowest BCUT2D eigenvalue weighted by molar-refractivity contribution is -0.677. The number of ketones is 1. The average Bonchev–Trinajstić information content (AvgIpc) is 3.60. The highest BCUT2D eigenvalue weighted by atomic mass is 16.7. The van der Waals surface area contributed by atoms with Crippen LogP contribution in [0.25, 0.3) is 10.8 Å². The fourth-order valence-electron chi connectivity index (χ4n) is 8.94. The van der Waals surface area contributed by atoms with E-state index in [2.05, 4.69) is 5.32 Å². The Morgan fingerprint density at radius 3 is 2.06 bits per heavy atom. The van der Waals surface area contributed by atoms with Crippen molar-refractivity contribution in [2.75, 3.05) is 91.6 Å². The first kappa shape index (κ1) is 57.0. The molecule has 2 aromatic carbocycles. The molecule has 4 aliphatic heterocycles. The van der Waals surface area contributed by atoms with E-state index in [1.807, 2.05) is 0 Å². The van der Waals surface area contributed by atoms with Gasteiger partial charge in [0.1, 0.15) is 42.5 Å². The number of Topliss-reactive ketones (excluding diaryl/α,β-unsaturated/α-hetero) is 1. The number of quaternary nitrogens is 1. The maximum Gasteiger partial charge on any atom is 0.312 e. The molecule has 0 spiro atoms. The number of rotatable bonds is 6. The molecule has 6 rings (SSSR count). The molecule has 1 saturated heterocycles. The van der Waals surface area contributed by atoms with Crippen LogP contribution < -0.4 is 20.5 Å². The van der Waals surface area contributed by atoms with E-state index in [0.29, 0.717) is 46.2 Å². The molecule has 0 saturated carbocycles. The monoisotopic (exact) mass is 1000 g/mol. The minimum absolute atomic E-state index is 0.0216. The van der Waals surface area contributed by atoms with Crippen molar-refractivity contribution in [3.05, 3.63) is 52.8 Å². The van der Waals surface area contributed by atoms with E-state index in [-0.39, 0.29) is 78.6 Å². The minimum atomic E-state index is -2.10. The number of hydrogen-bond donors (Lipinski definition) is 6. The number of methoxy groups -OCH3 is 1. The summed E-state index contributed by atoms with van der Waals surface area (Å²) in [6.45, 7) is 16.2. The number of amides is 1. The maximum absolute atomic E-state index is 14.6. The number of phenolic OH excluding ortho intramolecular Hbond substituents is 2. The van der Waals surface area contributed by atoms with Crippen LogP contribution in [0.5, 0.6) is 23.0 Å². The van der Waals surface area contributed by atoms with Crippen molar-refractivity contribution in [3.8, 4) is 23.0 Å². The Morgan fingerprint density at radius 2 is 1.45 bits per heavy atom. The Hall–Kier alpha value is -4.87. The predicted molar refractivity (Wildman–Crippen MR) is 256 cm³/mol. The number of esters is 1. The van der Waals surface area contributed by atoms with Crippen LogP contribution in [0, 0.1) is 30.6 Å². The van der Waals surface area contributed by atoms with E-state index < -0.39 is 100 Å². The molecule has 5 bridgehead atoms. The van der Waals surface area contributed by atoms with Crippen molar-refractivity contribution in [1.29, 1.82) is 0 Å². The summed E-state index contributed by atoms with van der Waals surface area (Å²) in [5, 5.41) is 65.5. The van der Waals surface area contributed by atoms with Crippen LogP contribution in [0.1, 0.15) is 70.0 Å². The van der Waals surface area contributed by atoms with Gasteiger partial charge < -0.3 is 83.5 Å². The minimum Gasteiger partial charge on any atom is -0.872 e. The van der Waals surface area contributed by atoms with Gasteiger partial charge in [-0.05, 0) is 25.5 Å².